The number of hydrogen-bond donors (Lipinski definition) is 2. The van der Waals surface area contributed by atoms with E-state index in [1.54, 1.807) is 0 Å². The van der Waals surface area contributed by atoms with Crippen molar-refractivity contribution in [3.8, 4) is 11.5 Å². The van der Waals surface area contributed by atoms with Crippen LogP contribution < -0.4 is 10.5 Å². The van der Waals surface area contributed by atoms with Crippen molar-refractivity contribution in [3.05, 3.63) is 23.8 Å². The van der Waals surface area contributed by atoms with Crippen LogP contribution in [0.4, 0.5) is 0 Å². The highest BCUT2D eigenvalue weighted by molar-refractivity contribution is 5.94. The van der Waals surface area contributed by atoms with E-state index in [4.69, 9.17) is 15.2 Å². The summed E-state index contributed by atoms with van der Waals surface area (Å²) in [7, 11) is 1.43. The fourth-order valence-corrected chi connectivity index (χ4v) is 1.09. The number of esters is 1. The minimum absolute atomic E-state index is 0.0566. The normalized spacial score (nSPS) is 11.6. The molecule has 1 aromatic rings. The van der Waals surface area contributed by atoms with Gasteiger partial charge in [0.2, 0.25) is 0 Å². The molecule has 0 bridgehead atoms. The largest absolute Gasteiger partial charge is 0.507 e. The lowest BCUT2D eigenvalue weighted by Crippen LogP contribution is -2.30. The molecule has 0 radical (unpaired) electrons. The molecule has 1 amide bonds. The van der Waals surface area contributed by atoms with E-state index < -0.39 is 18.0 Å². The molecule has 0 aliphatic rings. The van der Waals surface area contributed by atoms with Gasteiger partial charge in [-0.3, -0.25) is 4.79 Å². The third-order valence-electron chi connectivity index (χ3n) is 2.11. The van der Waals surface area contributed by atoms with Gasteiger partial charge < -0.3 is 20.3 Å². The number of benzene rings is 1. The van der Waals surface area contributed by atoms with Gasteiger partial charge in [0.1, 0.15) is 17.1 Å². The van der Waals surface area contributed by atoms with Crippen LogP contribution in [0, 0.1) is 0 Å². The number of phenolic OH excluding ortho intramolecular Hbond substituents is 1. The van der Waals surface area contributed by atoms with Gasteiger partial charge in [0, 0.05) is 6.07 Å². The highest BCUT2D eigenvalue weighted by atomic mass is 16.5. The highest BCUT2D eigenvalue weighted by Gasteiger charge is 2.19. The minimum atomic E-state index is -1.05. The quantitative estimate of drug-likeness (QED) is 0.742. The van der Waals surface area contributed by atoms with Crippen molar-refractivity contribution >= 4 is 11.9 Å². The molecular weight excluding hydrogens is 226 g/mol. The first kappa shape index (κ1) is 12.8. The summed E-state index contributed by atoms with van der Waals surface area (Å²) in [5.41, 5.74) is 4.89. The second-order valence-corrected chi connectivity index (χ2v) is 3.33. The van der Waals surface area contributed by atoms with Gasteiger partial charge in [-0.1, -0.05) is 0 Å². The monoisotopic (exact) mass is 239 g/mol. The Morgan fingerprint density at radius 1 is 1.41 bits per heavy atom. The van der Waals surface area contributed by atoms with E-state index in [1.165, 1.54) is 32.2 Å². The number of nitrogens with two attached hydrogens (primary N) is 1. The number of carbonyl (C=O) groups excluding carboxylic acids is 2. The molecule has 17 heavy (non-hydrogen) atoms. The molecule has 92 valence electrons. The number of amides is 1. The molecule has 1 aromatic carbocycles. The molecule has 0 aliphatic heterocycles. The van der Waals surface area contributed by atoms with Gasteiger partial charge in [0.25, 0.3) is 5.91 Å². The predicted molar refractivity (Wildman–Crippen MR) is 58.7 cm³/mol. The second kappa shape index (κ2) is 5.20. The summed E-state index contributed by atoms with van der Waals surface area (Å²) >= 11 is 0. The van der Waals surface area contributed by atoms with Gasteiger partial charge in [0.05, 0.1) is 7.11 Å². The summed E-state index contributed by atoms with van der Waals surface area (Å²) in [5, 5.41) is 9.55. The molecule has 6 heteroatoms. The van der Waals surface area contributed by atoms with Crippen molar-refractivity contribution in [1.29, 1.82) is 0 Å². The zero-order chi connectivity index (χ0) is 13.0. The summed E-state index contributed by atoms with van der Waals surface area (Å²) in [6.07, 6.45) is -1.05. The Balaban J connectivity index is 2.86. The van der Waals surface area contributed by atoms with Crippen LogP contribution in [-0.4, -0.2) is 30.2 Å². The van der Waals surface area contributed by atoms with E-state index in [1.807, 2.05) is 0 Å². The lowest BCUT2D eigenvalue weighted by atomic mass is 10.2. The maximum absolute atomic E-state index is 11.5. The number of methoxy groups -OCH3 is 1. The fourth-order valence-electron chi connectivity index (χ4n) is 1.09. The molecule has 0 unspecified atom stereocenters. The van der Waals surface area contributed by atoms with E-state index in [9.17, 15) is 14.7 Å². The van der Waals surface area contributed by atoms with Gasteiger partial charge in [0.15, 0.2) is 6.10 Å². The van der Waals surface area contributed by atoms with Crippen LogP contribution in [0.15, 0.2) is 18.2 Å². The van der Waals surface area contributed by atoms with Crippen molar-refractivity contribution < 1.29 is 24.2 Å². The number of aromatic hydroxyl groups is 1. The first-order chi connectivity index (χ1) is 7.95. The van der Waals surface area contributed by atoms with E-state index in [0.717, 1.165) is 0 Å². The average Bonchev–Trinajstić information content (AvgIpc) is 2.28. The topological polar surface area (TPSA) is 98.9 Å². The summed E-state index contributed by atoms with van der Waals surface area (Å²) in [6.45, 7) is 1.35. The lowest BCUT2D eigenvalue weighted by molar-refractivity contribution is -0.125. The zero-order valence-corrected chi connectivity index (χ0v) is 9.47. The van der Waals surface area contributed by atoms with Crippen LogP contribution in [0.3, 0.4) is 0 Å². The fraction of sp³-hybridized carbons (Fsp3) is 0.273. The SMILES string of the molecule is COc1ccc(C(=O)O[C@@H](C)C(N)=O)c(O)c1. The van der Waals surface area contributed by atoms with E-state index in [-0.39, 0.29) is 11.3 Å². The smallest absolute Gasteiger partial charge is 0.342 e. The molecule has 0 saturated carbocycles. The molecule has 0 heterocycles. The van der Waals surface area contributed by atoms with Crippen LogP contribution in [0.5, 0.6) is 11.5 Å². The zero-order valence-electron chi connectivity index (χ0n) is 9.47. The van der Waals surface area contributed by atoms with Gasteiger partial charge in [-0.05, 0) is 19.1 Å². The molecule has 0 spiro atoms. The predicted octanol–water partition coefficient (Wildman–Crippen LogP) is 0.431. The molecule has 0 aliphatic carbocycles. The molecule has 1 atom stereocenters. The first-order valence-corrected chi connectivity index (χ1v) is 4.83. The highest BCUT2D eigenvalue weighted by Crippen LogP contribution is 2.24. The van der Waals surface area contributed by atoms with Crippen molar-refractivity contribution in [1.82, 2.24) is 0 Å². The molecule has 0 aromatic heterocycles. The van der Waals surface area contributed by atoms with Gasteiger partial charge in [-0.25, -0.2) is 4.79 Å². The minimum Gasteiger partial charge on any atom is -0.507 e. The Morgan fingerprint density at radius 2 is 2.06 bits per heavy atom. The van der Waals surface area contributed by atoms with Gasteiger partial charge in [-0.15, -0.1) is 0 Å². The molecule has 6 nitrogen and oxygen atoms in total. The Labute approximate surface area is 97.9 Å². The summed E-state index contributed by atoms with van der Waals surface area (Å²) < 4.78 is 9.60. The van der Waals surface area contributed by atoms with Crippen LogP contribution in [0.2, 0.25) is 0 Å². The number of rotatable bonds is 4. The number of phenols is 1. The maximum atomic E-state index is 11.5. The van der Waals surface area contributed by atoms with Crippen molar-refractivity contribution in [2.24, 2.45) is 5.73 Å². The lowest BCUT2D eigenvalue weighted by Gasteiger charge is -2.10. The number of primary amides is 1. The number of hydrogen-bond acceptors (Lipinski definition) is 5. The molecule has 3 N–H and O–H groups in total. The Kier molecular flexibility index (Phi) is 3.92. The third-order valence-corrected chi connectivity index (χ3v) is 2.11. The van der Waals surface area contributed by atoms with Crippen molar-refractivity contribution in [3.63, 3.8) is 0 Å². The Bertz CT molecular complexity index is 443. The Hall–Kier alpha value is -2.24. The average molecular weight is 239 g/mol. The van der Waals surface area contributed by atoms with E-state index in [0.29, 0.717) is 5.75 Å². The standard InChI is InChI=1S/C11H13NO5/c1-6(10(12)14)17-11(15)8-4-3-7(16-2)5-9(8)13/h3-6,13H,1-2H3,(H2,12,14)/t6-/m0/s1. The third kappa shape index (κ3) is 3.10. The summed E-state index contributed by atoms with van der Waals surface area (Å²) in [5.74, 6) is -1.46. The van der Waals surface area contributed by atoms with Crippen LogP contribution >= 0.6 is 0 Å². The van der Waals surface area contributed by atoms with Crippen LogP contribution in [0.25, 0.3) is 0 Å². The van der Waals surface area contributed by atoms with Crippen LogP contribution in [0.1, 0.15) is 17.3 Å². The van der Waals surface area contributed by atoms with Crippen molar-refractivity contribution in [2.45, 2.75) is 13.0 Å². The number of carbonyl (C=O) groups is 2. The number of ether oxygens (including phenoxy) is 2. The van der Waals surface area contributed by atoms with Gasteiger partial charge in [-0.2, -0.15) is 0 Å². The van der Waals surface area contributed by atoms with Crippen LogP contribution in [-0.2, 0) is 9.53 Å². The van der Waals surface area contributed by atoms with Crippen molar-refractivity contribution in [2.75, 3.05) is 7.11 Å². The Morgan fingerprint density at radius 3 is 2.53 bits per heavy atom. The maximum Gasteiger partial charge on any atom is 0.342 e. The summed E-state index contributed by atoms with van der Waals surface area (Å²) in [4.78, 5) is 22.3. The first-order valence-electron chi connectivity index (χ1n) is 4.83. The molecule has 1 rings (SSSR count). The van der Waals surface area contributed by atoms with E-state index >= 15 is 0 Å². The molecule has 0 saturated heterocycles. The van der Waals surface area contributed by atoms with E-state index in [2.05, 4.69) is 0 Å². The molecule has 0 fully saturated rings. The van der Waals surface area contributed by atoms with Gasteiger partial charge >= 0.3 is 5.97 Å². The summed E-state index contributed by atoms with van der Waals surface area (Å²) in [6, 6.07) is 4.10. The second-order valence-electron chi connectivity index (χ2n) is 3.33. The molecular formula is C11H13NO5.